The van der Waals surface area contributed by atoms with E-state index in [0.29, 0.717) is 10.6 Å². The summed E-state index contributed by atoms with van der Waals surface area (Å²) in [6, 6.07) is 4.75. The first kappa shape index (κ1) is 10.3. The minimum Gasteiger partial charge on any atom is -0.207 e. The Balaban J connectivity index is 3.04. The maximum atomic E-state index is 13.3. The lowest BCUT2D eigenvalue weighted by atomic mass is 9.97. The lowest BCUT2D eigenvalue weighted by Crippen LogP contribution is -1.97. The van der Waals surface area contributed by atoms with Gasteiger partial charge in [-0.1, -0.05) is 30.7 Å². The first-order valence-electron chi connectivity index (χ1n) is 4.21. The molecule has 1 aromatic rings. The van der Waals surface area contributed by atoms with Crippen molar-refractivity contribution in [2.45, 2.75) is 19.3 Å². The molecule has 0 aromatic heterocycles. The molecule has 1 unspecified atom stereocenters. The highest BCUT2D eigenvalue weighted by Gasteiger charge is 2.12. The van der Waals surface area contributed by atoms with E-state index in [-0.39, 0.29) is 11.7 Å². The van der Waals surface area contributed by atoms with Crippen molar-refractivity contribution in [3.8, 4) is 0 Å². The van der Waals surface area contributed by atoms with E-state index in [4.69, 9.17) is 11.6 Å². The van der Waals surface area contributed by atoms with Crippen molar-refractivity contribution in [1.29, 1.82) is 0 Å². The molecule has 0 nitrogen and oxygen atoms in total. The molecule has 13 heavy (non-hydrogen) atoms. The minimum absolute atomic E-state index is 0.0891. The molecule has 2 heteroatoms. The van der Waals surface area contributed by atoms with Crippen molar-refractivity contribution >= 4 is 11.6 Å². The molecule has 0 saturated heterocycles. The van der Waals surface area contributed by atoms with Crippen molar-refractivity contribution in [3.63, 3.8) is 0 Å². The van der Waals surface area contributed by atoms with Gasteiger partial charge < -0.3 is 0 Å². The summed E-state index contributed by atoms with van der Waals surface area (Å²) in [5.74, 6) is -0.145. The Labute approximate surface area is 83.0 Å². The lowest BCUT2D eigenvalue weighted by molar-refractivity contribution is 0.590. The molecule has 70 valence electrons. The van der Waals surface area contributed by atoms with Gasteiger partial charge in [-0.3, -0.25) is 0 Å². The van der Waals surface area contributed by atoms with Gasteiger partial charge in [0.1, 0.15) is 5.82 Å². The molecular formula is C11H12ClF. The Hall–Kier alpha value is -0.820. The Bertz CT molecular complexity index is 287. The van der Waals surface area contributed by atoms with E-state index in [1.807, 2.05) is 6.92 Å². The molecule has 0 aliphatic rings. The number of hydrogen-bond donors (Lipinski definition) is 0. The molecule has 0 aliphatic carbocycles. The predicted molar refractivity (Wildman–Crippen MR) is 54.6 cm³/mol. The fourth-order valence-corrected chi connectivity index (χ4v) is 1.70. The number of hydrogen-bond acceptors (Lipinski definition) is 0. The maximum Gasteiger partial charge on any atom is 0.128 e. The second-order valence-corrected chi connectivity index (χ2v) is 3.47. The molecule has 0 spiro atoms. The summed E-state index contributed by atoms with van der Waals surface area (Å²) in [5, 5.41) is 0.495. The van der Waals surface area contributed by atoms with E-state index in [1.165, 1.54) is 6.07 Å². The number of rotatable bonds is 3. The van der Waals surface area contributed by atoms with Crippen LogP contribution in [0.5, 0.6) is 0 Å². The first-order chi connectivity index (χ1) is 6.16. The van der Waals surface area contributed by atoms with E-state index >= 15 is 0 Å². The summed E-state index contributed by atoms with van der Waals surface area (Å²) in [5.41, 5.74) is 0.587. The molecule has 0 bridgehead atoms. The van der Waals surface area contributed by atoms with Crippen LogP contribution < -0.4 is 0 Å². The van der Waals surface area contributed by atoms with Crippen LogP contribution in [0.3, 0.4) is 0 Å². The van der Waals surface area contributed by atoms with Crippen LogP contribution in [0.4, 0.5) is 4.39 Å². The second-order valence-electron chi connectivity index (χ2n) is 3.06. The molecule has 1 aromatic carbocycles. The number of benzene rings is 1. The molecule has 1 rings (SSSR count). The van der Waals surface area contributed by atoms with Gasteiger partial charge in [0.25, 0.3) is 0 Å². The van der Waals surface area contributed by atoms with Crippen LogP contribution in [0.2, 0.25) is 5.02 Å². The van der Waals surface area contributed by atoms with Gasteiger partial charge in [-0.05, 0) is 24.5 Å². The average molecular weight is 199 g/mol. The Morgan fingerprint density at radius 2 is 2.31 bits per heavy atom. The highest BCUT2D eigenvalue weighted by molar-refractivity contribution is 6.31. The topological polar surface area (TPSA) is 0 Å². The summed E-state index contributed by atoms with van der Waals surface area (Å²) in [7, 11) is 0. The third-order valence-electron chi connectivity index (χ3n) is 2.01. The Morgan fingerprint density at radius 3 is 2.85 bits per heavy atom. The van der Waals surface area contributed by atoms with E-state index in [9.17, 15) is 4.39 Å². The van der Waals surface area contributed by atoms with Crippen LogP contribution in [0.25, 0.3) is 0 Å². The normalized spacial score (nSPS) is 12.5. The second kappa shape index (κ2) is 4.43. The van der Waals surface area contributed by atoms with Crippen molar-refractivity contribution in [2.75, 3.05) is 0 Å². The smallest absolute Gasteiger partial charge is 0.128 e. The van der Waals surface area contributed by atoms with Crippen molar-refractivity contribution in [2.24, 2.45) is 0 Å². The molecular weight excluding hydrogens is 187 g/mol. The van der Waals surface area contributed by atoms with Gasteiger partial charge in [-0.15, -0.1) is 6.58 Å². The average Bonchev–Trinajstić information content (AvgIpc) is 2.04. The summed E-state index contributed by atoms with van der Waals surface area (Å²) < 4.78 is 13.3. The molecule has 1 atom stereocenters. The van der Waals surface area contributed by atoms with Gasteiger partial charge in [-0.25, -0.2) is 4.39 Å². The van der Waals surface area contributed by atoms with Crippen molar-refractivity contribution in [1.82, 2.24) is 0 Å². The van der Waals surface area contributed by atoms with Gasteiger partial charge in [0.05, 0.1) is 0 Å². The monoisotopic (exact) mass is 198 g/mol. The maximum absolute atomic E-state index is 13.3. The van der Waals surface area contributed by atoms with Gasteiger partial charge in [0, 0.05) is 10.6 Å². The molecule has 0 aliphatic heterocycles. The predicted octanol–water partition coefficient (Wildman–Crippen LogP) is 4.16. The fourth-order valence-electron chi connectivity index (χ4n) is 1.35. The van der Waals surface area contributed by atoms with Crippen molar-refractivity contribution < 1.29 is 4.39 Å². The fraction of sp³-hybridized carbons (Fsp3) is 0.273. The van der Waals surface area contributed by atoms with Crippen LogP contribution in [-0.2, 0) is 0 Å². The van der Waals surface area contributed by atoms with Crippen LogP contribution in [0.1, 0.15) is 24.8 Å². The number of allylic oxidation sites excluding steroid dienone is 1. The molecule has 0 radical (unpaired) electrons. The molecule has 0 amide bonds. The zero-order valence-corrected chi connectivity index (χ0v) is 8.31. The SMILES string of the molecule is C=CCC(C)c1c(F)cccc1Cl. The molecule has 0 N–H and O–H groups in total. The summed E-state index contributed by atoms with van der Waals surface area (Å²) in [6.07, 6.45) is 2.51. The van der Waals surface area contributed by atoms with Crippen LogP contribution in [0, 0.1) is 5.82 Å². The van der Waals surface area contributed by atoms with E-state index < -0.39 is 0 Å². The highest BCUT2D eigenvalue weighted by atomic mass is 35.5. The zero-order valence-electron chi connectivity index (χ0n) is 7.56. The van der Waals surface area contributed by atoms with Gasteiger partial charge >= 0.3 is 0 Å². The van der Waals surface area contributed by atoms with Crippen molar-refractivity contribution in [3.05, 3.63) is 47.3 Å². The standard InChI is InChI=1S/C11H12ClF/c1-3-5-8(2)11-9(12)6-4-7-10(11)13/h3-4,6-8H,1,5H2,2H3. The summed E-state index contributed by atoms with van der Waals surface area (Å²) in [6.45, 7) is 5.56. The van der Waals surface area contributed by atoms with Gasteiger partial charge in [0.2, 0.25) is 0 Å². The zero-order chi connectivity index (χ0) is 9.84. The van der Waals surface area contributed by atoms with Gasteiger partial charge in [0.15, 0.2) is 0 Å². The third-order valence-corrected chi connectivity index (χ3v) is 2.34. The van der Waals surface area contributed by atoms with E-state index in [2.05, 4.69) is 6.58 Å². The summed E-state index contributed by atoms with van der Waals surface area (Å²) in [4.78, 5) is 0. The minimum atomic E-state index is -0.234. The first-order valence-corrected chi connectivity index (χ1v) is 4.59. The largest absolute Gasteiger partial charge is 0.207 e. The Kier molecular flexibility index (Phi) is 3.49. The lowest BCUT2D eigenvalue weighted by Gasteiger charge is -2.11. The van der Waals surface area contributed by atoms with E-state index in [1.54, 1.807) is 18.2 Å². The van der Waals surface area contributed by atoms with Gasteiger partial charge in [-0.2, -0.15) is 0 Å². The quantitative estimate of drug-likeness (QED) is 0.640. The number of halogens is 2. The third kappa shape index (κ3) is 2.31. The molecule has 0 heterocycles. The van der Waals surface area contributed by atoms with Crippen LogP contribution in [0.15, 0.2) is 30.9 Å². The van der Waals surface area contributed by atoms with E-state index in [0.717, 1.165) is 6.42 Å². The Morgan fingerprint density at radius 1 is 1.62 bits per heavy atom. The summed E-state index contributed by atoms with van der Waals surface area (Å²) >= 11 is 5.89. The van der Waals surface area contributed by atoms with Crippen LogP contribution >= 0.6 is 11.6 Å². The molecule has 0 saturated carbocycles. The highest BCUT2D eigenvalue weighted by Crippen LogP contribution is 2.29. The molecule has 0 fully saturated rings. The van der Waals surface area contributed by atoms with Crippen LogP contribution in [-0.4, -0.2) is 0 Å².